The molecule has 3 aromatic rings. The molecule has 1 aliphatic rings. The monoisotopic (exact) mass is 548 g/mol. The van der Waals surface area contributed by atoms with Crippen molar-refractivity contribution in [2.75, 3.05) is 16.8 Å². The number of imide groups is 2. The number of hydrogen-bond donors (Lipinski definition) is 2. The van der Waals surface area contributed by atoms with Crippen LogP contribution < -0.4 is 20.3 Å². The van der Waals surface area contributed by atoms with Gasteiger partial charge in [-0.1, -0.05) is 41.4 Å². The fraction of sp³-hybridized carbons (Fsp3) is 0.111. The van der Waals surface area contributed by atoms with Crippen molar-refractivity contribution < 1.29 is 28.8 Å². The van der Waals surface area contributed by atoms with Crippen LogP contribution in [0.1, 0.15) is 16.7 Å². The van der Waals surface area contributed by atoms with Gasteiger partial charge in [-0.15, -0.1) is 0 Å². The molecule has 3 aromatic carbocycles. The number of carbonyl (C=O) groups excluding carboxylic acids is 4. The number of nitrogens with one attached hydrogen (secondary N) is 2. The molecular weight excluding hydrogens is 528 g/mol. The molecule has 2 N–H and O–H groups in total. The van der Waals surface area contributed by atoms with Gasteiger partial charge in [0.15, 0.2) is 6.61 Å². The summed E-state index contributed by atoms with van der Waals surface area (Å²) < 4.78 is 5.52. The Labute approximate surface area is 227 Å². The topological polar surface area (TPSA) is 148 Å². The molecule has 0 atom stereocenters. The van der Waals surface area contributed by atoms with Gasteiger partial charge in [-0.2, -0.15) is 0 Å². The molecular formula is C27H21ClN4O7. The van der Waals surface area contributed by atoms with E-state index in [-0.39, 0.29) is 34.7 Å². The second-order valence-electron chi connectivity index (χ2n) is 8.58. The predicted octanol–water partition coefficient (Wildman–Crippen LogP) is 4.55. The smallest absolute Gasteiger partial charge is 0.335 e. The van der Waals surface area contributed by atoms with Crippen LogP contribution in [0.3, 0.4) is 0 Å². The summed E-state index contributed by atoms with van der Waals surface area (Å²) >= 11 is 6.30. The van der Waals surface area contributed by atoms with Crippen LogP contribution in [0.5, 0.6) is 5.75 Å². The number of rotatable bonds is 7. The molecule has 0 radical (unpaired) electrons. The zero-order chi connectivity index (χ0) is 28.3. The standard InChI is InChI=1S/C27H21ClN4O7/c1-15-6-8-22(16(2)10-15)29-24(33)14-39-23-9-7-17(12-21(23)28)11-20-25(34)30-27(36)31(26(20)35)18-4-3-5-19(13-18)32(37)38/h3-13H,14H2,1-2H3,(H,29,33)(H,30,34,36)/b20-11-. The Hall–Kier alpha value is -5.03. The maximum absolute atomic E-state index is 13.1. The van der Waals surface area contributed by atoms with E-state index in [1.54, 1.807) is 6.07 Å². The Morgan fingerprint density at radius 3 is 2.56 bits per heavy atom. The molecule has 5 amide bonds. The summed E-state index contributed by atoms with van der Waals surface area (Å²) in [4.78, 5) is 61.3. The number of benzene rings is 3. The van der Waals surface area contributed by atoms with E-state index in [2.05, 4.69) is 5.32 Å². The number of halogens is 1. The maximum atomic E-state index is 13.1. The Balaban J connectivity index is 1.49. The quantitative estimate of drug-likeness (QED) is 0.190. The van der Waals surface area contributed by atoms with Crippen molar-refractivity contribution in [1.82, 2.24) is 5.32 Å². The largest absolute Gasteiger partial charge is 0.482 e. The van der Waals surface area contributed by atoms with Crippen LogP contribution in [0.2, 0.25) is 5.02 Å². The van der Waals surface area contributed by atoms with Crippen molar-refractivity contribution in [2.45, 2.75) is 13.8 Å². The van der Waals surface area contributed by atoms with E-state index < -0.39 is 28.3 Å². The zero-order valence-corrected chi connectivity index (χ0v) is 21.4. The van der Waals surface area contributed by atoms with Crippen molar-refractivity contribution in [3.05, 3.63) is 98.1 Å². The summed E-state index contributed by atoms with van der Waals surface area (Å²) in [6.07, 6.45) is 1.22. The van der Waals surface area contributed by atoms with E-state index in [1.807, 2.05) is 31.3 Å². The first-order chi connectivity index (χ1) is 18.5. The van der Waals surface area contributed by atoms with Crippen molar-refractivity contribution in [2.24, 2.45) is 0 Å². The fourth-order valence-corrected chi connectivity index (χ4v) is 4.06. The van der Waals surface area contributed by atoms with Crippen LogP contribution in [0, 0.1) is 24.0 Å². The molecule has 0 saturated carbocycles. The highest BCUT2D eigenvalue weighted by molar-refractivity contribution is 6.39. The molecule has 198 valence electrons. The van der Waals surface area contributed by atoms with Gasteiger partial charge >= 0.3 is 6.03 Å². The molecule has 0 spiro atoms. The van der Waals surface area contributed by atoms with Crippen molar-refractivity contribution in [1.29, 1.82) is 0 Å². The van der Waals surface area contributed by atoms with Crippen molar-refractivity contribution in [3.63, 3.8) is 0 Å². The van der Waals surface area contributed by atoms with E-state index in [9.17, 15) is 29.3 Å². The molecule has 0 aliphatic carbocycles. The molecule has 0 unspecified atom stereocenters. The molecule has 4 rings (SSSR count). The number of nitro benzene ring substituents is 1. The number of urea groups is 1. The minimum absolute atomic E-state index is 0.0778. The molecule has 1 heterocycles. The lowest BCUT2D eigenvalue weighted by Crippen LogP contribution is -2.54. The normalized spacial score (nSPS) is 14.3. The number of nitrogens with zero attached hydrogens (tertiary/aromatic N) is 2. The van der Waals surface area contributed by atoms with E-state index in [0.29, 0.717) is 16.2 Å². The molecule has 1 saturated heterocycles. The van der Waals surface area contributed by atoms with E-state index in [1.165, 1.54) is 42.5 Å². The number of aryl methyl sites for hydroxylation is 2. The Kier molecular flexibility index (Phi) is 7.73. The summed E-state index contributed by atoms with van der Waals surface area (Å²) in [6.45, 7) is 3.52. The van der Waals surface area contributed by atoms with Gasteiger partial charge in [-0.05, 0) is 55.3 Å². The van der Waals surface area contributed by atoms with Crippen LogP contribution in [0.25, 0.3) is 6.08 Å². The number of ether oxygens (including phenoxy) is 1. The lowest BCUT2D eigenvalue weighted by Gasteiger charge is -2.26. The summed E-state index contributed by atoms with van der Waals surface area (Å²) in [6, 6.07) is 13.9. The second kappa shape index (κ2) is 11.2. The van der Waals surface area contributed by atoms with Crippen LogP contribution >= 0.6 is 11.6 Å². The Bertz CT molecular complexity index is 1570. The number of anilines is 2. The van der Waals surface area contributed by atoms with Crippen molar-refractivity contribution >= 4 is 58.5 Å². The molecule has 12 heteroatoms. The van der Waals surface area contributed by atoms with E-state index >= 15 is 0 Å². The summed E-state index contributed by atoms with van der Waals surface area (Å²) in [7, 11) is 0. The zero-order valence-electron chi connectivity index (χ0n) is 20.7. The number of carbonyl (C=O) groups is 4. The number of barbiturate groups is 1. The van der Waals surface area contributed by atoms with Crippen molar-refractivity contribution in [3.8, 4) is 5.75 Å². The molecule has 0 bridgehead atoms. The van der Waals surface area contributed by atoms with Gasteiger partial charge in [0.1, 0.15) is 11.3 Å². The summed E-state index contributed by atoms with van der Waals surface area (Å²) in [5, 5.41) is 16.0. The molecule has 0 aromatic heterocycles. The molecule has 11 nitrogen and oxygen atoms in total. The highest BCUT2D eigenvalue weighted by Gasteiger charge is 2.37. The number of amides is 5. The van der Waals surface area contributed by atoms with E-state index in [0.717, 1.165) is 17.2 Å². The summed E-state index contributed by atoms with van der Waals surface area (Å²) in [5.41, 5.74) is 2.17. The first-order valence-electron chi connectivity index (χ1n) is 11.5. The minimum Gasteiger partial charge on any atom is -0.482 e. The third kappa shape index (κ3) is 6.11. The van der Waals surface area contributed by atoms with Crippen LogP contribution in [-0.2, 0) is 14.4 Å². The van der Waals surface area contributed by atoms with Gasteiger partial charge in [-0.3, -0.25) is 29.8 Å². The summed E-state index contributed by atoms with van der Waals surface area (Å²) in [5.74, 6) is -2.10. The SMILES string of the molecule is Cc1ccc(NC(=O)COc2ccc(/C=C3/C(=O)NC(=O)N(c4cccc([N+](=O)[O-])c4)C3=O)cc2Cl)c(C)c1. The van der Waals surface area contributed by atoms with Gasteiger partial charge < -0.3 is 10.1 Å². The number of non-ortho nitro benzene ring substituents is 1. The minimum atomic E-state index is -1.04. The second-order valence-corrected chi connectivity index (χ2v) is 8.99. The first-order valence-corrected chi connectivity index (χ1v) is 11.9. The Morgan fingerprint density at radius 2 is 1.87 bits per heavy atom. The van der Waals surface area contributed by atoms with Gasteiger partial charge in [0.2, 0.25) is 0 Å². The predicted molar refractivity (Wildman–Crippen MR) is 144 cm³/mol. The van der Waals surface area contributed by atoms with Crippen LogP contribution in [-0.4, -0.2) is 35.3 Å². The van der Waals surface area contributed by atoms with Gasteiger partial charge in [0.25, 0.3) is 23.4 Å². The van der Waals surface area contributed by atoms with Crippen LogP contribution in [0.15, 0.2) is 66.2 Å². The third-order valence-corrected chi connectivity index (χ3v) is 5.98. The molecule has 39 heavy (non-hydrogen) atoms. The number of hydrogen-bond acceptors (Lipinski definition) is 7. The molecule has 1 fully saturated rings. The van der Waals surface area contributed by atoms with Gasteiger partial charge in [0.05, 0.1) is 15.6 Å². The lowest BCUT2D eigenvalue weighted by atomic mass is 10.1. The first kappa shape index (κ1) is 27.0. The average molecular weight is 549 g/mol. The third-order valence-electron chi connectivity index (χ3n) is 5.68. The van der Waals surface area contributed by atoms with Gasteiger partial charge in [0, 0.05) is 17.8 Å². The molecule has 1 aliphatic heterocycles. The average Bonchev–Trinajstić information content (AvgIpc) is 2.88. The van der Waals surface area contributed by atoms with Crippen LogP contribution in [0.4, 0.5) is 21.9 Å². The van der Waals surface area contributed by atoms with E-state index in [4.69, 9.17) is 16.3 Å². The maximum Gasteiger partial charge on any atom is 0.335 e. The number of nitro groups is 1. The lowest BCUT2D eigenvalue weighted by molar-refractivity contribution is -0.384. The Morgan fingerprint density at radius 1 is 1.10 bits per heavy atom. The highest BCUT2D eigenvalue weighted by atomic mass is 35.5. The van der Waals surface area contributed by atoms with Gasteiger partial charge in [-0.25, -0.2) is 9.69 Å². The fourth-order valence-electron chi connectivity index (χ4n) is 3.81. The highest BCUT2D eigenvalue weighted by Crippen LogP contribution is 2.29.